The van der Waals surface area contributed by atoms with Gasteiger partial charge in [0.2, 0.25) is 5.91 Å². The van der Waals surface area contributed by atoms with Gasteiger partial charge < -0.3 is 10.6 Å². The maximum atomic E-state index is 11.7. The molecular formula is C12H22N2O. The van der Waals surface area contributed by atoms with Gasteiger partial charge in [-0.2, -0.15) is 0 Å². The van der Waals surface area contributed by atoms with Crippen molar-refractivity contribution in [2.24, 2.45) is 17.3 Å². The van der Waals surface area contributed by atoms with E-state index < -0.39 is 0 Å². The van der Waals surface area contributed by atoms with E-state index in [4.69, 9.17) is 0 Å². The zero-order valence-corrected chi connectivity index (χ0v) is 9.81. The van der Waals surface area contributed by atoms with Gasteiger partial charge in [-0.3, -0.25) is 4.79 Å². The first kappa shape index (κ1) is 10.9. The molecule has 0 unspecified atom stereocenters. The number of nitrogens with one attached hydrogen (secondary N) is 2. The molecule has 2 atom stereocenters. The average molecular weight is 210 g/mol. The molecule has 2 fully saturated rings. The van der Waals surface area contributed by atoms with Crippen LogP contribution in [0.3, 0.4) is 0 Å². The summed E-state index contributed by atoms with van der Waals surface area (Å²) >= 11 is 0. The van der Waals surface area contributed by atoms with E-state index in [9.17, 15) is 4.79 Å². The molecule has 3 nitrogen and oxygen atoms in total. The maximum Gasteiger partial charge on any atom is 0.225 e. The van der Waals surface area contributed by atoms with Gasteiger partial charge in [0.05, 0.1) is 0 Å². The fraction of sp³-hybridized carbons (Fsp3) is 0.917. The van der Waals surface area contributed by atoms with Gasteiger partial charge in [0, 0.05) is 12.0 Å². The number of hydrogen-bond acceptors (Lipinski definition) is 2. The van der Waals surface area contributed by atoms with E-state index in [1.807, 2.05) is 0 Å². The molecule has 1 amide bonds. The van der Waals surface area contributed by atoms with Gasteiger partial charge in [-0.15, -0.1) is 0 Å². The van der Waals surface area contributed by atoms with E-state index in [1.54, 1.807) is 0 Å². The van der Waals surface area contributed by atoms with Gasteiger partial charge in [0.15, 0.2) is 0 Å². The lowest BCUT2D eigenvalue weighted by Gasteiger charge is -2.15. The molecule has 2 aliphatic rings. The average Bonchev–Trinajstić information content (AvgIpc) is 2.83. The Morgan fingerprint density at radius 2 is 2.20 bits per heavy atom. The SMILES string of the molecule is C[C@@H]1CNC[C@H]1CCNC(=O)C1(C)CC1. The molecule has 1 saturated carbocycles. The molecule has 2 rings (SSSR count). The molecule has 15 heavy (non-hydrogen) atoms. The van der Waals surface area contributed by atoms with Gasteiger partial charge >= 0.3 is 0 Å². The zero-order chi connectivity index (χ0) is 10.9. The predicted octanol–water partition coefficient (Wildman–Crippen LogP) is 1.15. The second kappa shape index (κ2) is 4.12. The van der Waals surface area contributed by atoms with Gasteiger partial charge in [-0.25, -0.2) is 0 Å². The van der Waals surface area contributed by atoms with Crippen LogP contribution in [0.1, 0.15) is 33.1 Å². The van der Waals surface area contributed by atoms with Crippen molar-refractivity contribution >= 4 is 5.91 Å². The van der Waals surface area contributed by atoms with E-state index in [1.165, 1.54) is 0 Å². The van der Waals surface area contributed by atoms with Crippen LogP contribution in [0.5, 0.6) is 0 Å². The molecule has 1 saturated heterocycles. The molecule has 86 valence electrons. The Labute approximate surface area is 92.0 Å². The maximum absolute atomic E-state index is 11.7. The summed E-state index contributed by atoms with van der Waals surface area (Å²) in [6.45, 7) is 7.45. The van der Waals surface area contributed by atoms with Gasteiger partial charge in [-0.1, -0.05) is 13.8 Å². The van der Waals surface area contributed by atoms with Crippen LogP contribution in [0.4, 0.5) is 0 Å². The molecule has 0 radical (unpaired) electrons. The van der Waals surface area contributed by atoms with Gasteiger partial charge in [-0.05, 0) is 44.2 Å². The molecule has 1 aliphatic heterocycles. The number of rotatable bonds is 4. The molecule has 1 aliphatic carbocycles. The highest BCUT2D eigenvalue weighted by molar-refractivity contribution is 5.84. The molecule has 0 bridgehead atoms. The molecule has 0 spiro atoms. The van der Waals surface area contributed by atoms with E-state index in [0.717, 1.165) is 50.7 Å². The molecule has 1 heterocycles. The Bertz CT molecular complexity index is 248. The monoisotopic (exact) mass is 210 g/mol. The summed E-state index contributed by atoms with van der Waals surface area (Å²) in [4.78, 5) is 11.7. The third-order valence-electron chi connectivity index (χ3n) is 4.03. The molecule has 3 heteroatoms. The van der Waals surface area contributed by atoms with Crippen LogP contribution in [-0.4, -0.2) is 25.5 Å². The smallest absolute Gasteiger partial charge is 0.225 e. The Morgan fingerprint density at radius 1 is 1.47 bits per heavy atom. The van der Waals surface area contributed by atoms with Gasteiger partial charge in [0.25, 0.3) is 0 Å². The first-order chi connectivity index (χ1) is 7.12. The fourth-order valence-electron chi connectivity index (χ4n) is 2.25. The Morgan fingerprint density at radius 3 is 2.73 bits per heavy atom. The molecule has 0 aromatic heterocycles. The van der Waals surface area contributed by atoms with Crippen molar-refractivity contribution in [1.82, 2.24) is 10.6 Å². The number of amides is 1. The second-order valence-electron chi connectivity index (χ2n) is 5.50. The summed E-state index contributed by atoms with van der Waals surface area (Å²) in [7, 11) is 0. The molecule has 0 aromatic carbocycles. The van der Waals surface area contributed by atoms with Crippen molar-refractivity contribution in [2.45, 2.75) is 33.1 Å². The topological polar surface area (TPSA) is 41.1 Å². The van der Waals surface area contributed by atoms with Crippen LogP contribution in [0.15, 0.2) is 0 Å². The Balaban J connectivity index is 1.64. The van der Waals surface area contributed by atoms with Crippen molar-refractivity contribution < 1.29 is 4.79 Å². The number of carbonyl (C=O) groups is 1. The van der Waals surface area contributed by atoms with Crippen molar-refractivity contribution in [3.05, 3.63) is 0 Å². The lowest BCUT2D eigenvalue weighted by Crippen LogP contribution is -2.32. The van der Waals surface area contributed by atoms with E-state index >= 15 is 0 Å². The summed E-state index contributed by atoms with van der Waals surface area (Å²) in [6.07, 6.45) is 3.26. The van der Waals surface area contributed by atoms with E-state index in [-0.39, 0.29) is 11.3 Å². The summed E-state index contributed by atoms with van der Waals surface area (Å²) in [6, 6.07) is 0. The predicted molar refractivity (Wildman–Crippen MR) is 60.5 cm³/mol. The Hall–Kier alpha value is -0.570. The third kappa shape index (κ3) is 2.51. The highest BCUT2D eigenvalue weighted by atomic mass is 16.2. The largest absolute Gasteiger partial charge is 0.356 e. The summed E-state index contributed by atoms with van der Waals surface area (Å²) in [5.41, 5.74) is -0.0143. The summed E-state index contributed by atoms with van der Waals surface area (Å²) < 4.78 is 0. The van der Waals surface area contributed by atoms with Crippen molar-refractivity contribution in [3.63, 3.8) is 0 Å². The van der Waals surface area contributed by atoms with Crippen molar-refractivity contribution in [3.8, 4) is 0 Å². The minimum atomic E-state index is -0.0143. The Kier molecular flexibility index (Phi) is 3.01. The van der Waals surface area contributed by atoms with Crippen LogP contribution in [-0.2, 0) is 4.79 Å². The molecular weight excluding hydrogens is 188 g/mol. The van der Waals surface area contributed by atoms with E-state index in [0.29, 0.717) is 0 Å². The van der Waals surface area contributed by atoms with Crippen molar-refractivity contribution in [2.75, 3.05) is 19.6 Å². The first-order valence-corrected chi connectivity index (χ1v) is 6.11. The van der Waals surface area contributed by atoms with Crippen LogP contribution in [0.25, 0.3) is 0 Å². The van der Waals surface area contributed by atoms with Crippen molar-refractivity contribution in [1.29, 1.82) is 0 Å². The number of hydrogen-bond donors (Lipinski definition) is 2. The quantitative estimate of drug-likeness (QED) is 0.731. The summed E-state index contributed by atoms with van der Waals surface area (Å²) in [5.74, 6) is 1.77. The van der Waals surface area contributed by atoms with Crippen LogP contribution in [0, 0.1) is 17.3 Å². The van der Waals surface area contributed by atoms with Gasteiger partial charge in [0.1, 0.15) is 0 Å². The highest BCUT2D eigenvalue weighted by Crippen LogP contribution is 2.44. The zero-order valence-electron chi connectivity index (χ0n) is 9.81. The third-order valence-corrected chi connectivity index (χ3v) is 4.03. The minimum absolute atomic E-state index is 0.0143. The summed E-state index contributed by atoms with van der Waals surface area (Å²) in [5, 5.41) is 6.46. The normalized spacial score (nSPS) is 32.7. The molecule has 0 aromatic rings. The number of carbonyl (C=O) groups excluding carboxylic acids is 1. The lowest BCUT2D eigenvalue weighted by molar-refractivity contribution is -0.125. The van der Waals surface area contributed by atoms with Crippen LogP contribution < -0.4 is 10.6 Å². The van der Waals surface area contributed by atoms with Crippen LogP contribution in [0.2, 0.25) is 0 Å². The standard InChI is InChI=1S/C12H22N2O/c1-9-7-13-8-10(9)3-6-14-11(15)12(2)4-5-12/h9-10,13H,3-8H2,1-2H3,(H,14,15)/t9-,10-/m1/s1. The fourth-order valence-corrected chi connectivity index (χ4v) is 2.25. The molecule has 2 N–H and O–H groups in total. The lowest BCUT2D eigenvalue weighted by atomic mass is 9.95. The van der Waals surface area contributed by atoms with E-state index in [2.05, 4.69) is 24.5 Å². The van der Waals surface area contributed by atoms with Crippen LogP contribution >= 0.6 is 0 Å². The highest BCUT2D eigenvalue weighted by Gasteiger charge is 2.44. The second-order valence-corrected chi connectivity index (χ2v) is 5.50. The minimum Gasteiger partial charge on any atom is -0.356 e. The first-order valence-electron chi connectivity index (χ1n) is 6.11.